The van der Waals surface area contributed by atoms with Gasteiger partial charge in [-0.15, -0.1) is 0 Å². The maximum atomic E-state index is 13.2. The van der Waals surface area contributed by atoms with Crippen LogP contribution in [0.5, 0.6) is 0 Å². The molecular weight excluding hydrogens is 241 g/mol. The van der Waals surface area contributed by atoms with Crippen molar-refractivity contribution in [3.63, 3.8) is 0 Å². The molecule has 0 aromatic carbocycles. The number of halogens is 1. The van der Waals surface area contributed by atoms with E-state index in [-0.39, 0.29) is 11.4 Å². The van der Waals surface area contributed by atoms with Gasteiger partial charge in [-0.1, -0.05) is 0 Å². The topological polar surface area (TPSA) is 28.2 Å². The SMILES string of the molecule is CC1CNC(C)(C2CC2)CN1Cc1cncc(F)c1. The Morgan fingerprint density at radius 3 is 2.95 bits per heavy atom. The molecule has 1 N–H and O–H groups in total. The lowest BCUT2D eigenvalue weighted by atomic mass is 9.91. The molecule has 3 nitrogen and oxygen atoms in total. The molecule has 2 fully saturated rings. The van der Waals surface area contributed by atoms with Crippen LogP contribution in [0.15, 0.2) is 18.5 Å². The van der Waals surface area contributed by atoms with Crippen LogP contribution in [0, 0.1) is 11.7 Å². The number of hydrogen-bond acceptors (Lipinski definition) is 3. The molecule has 1 aliphatic heterocycles. The predicted octanol–water partition coefficient (Wildman–Crippen LogP) is 2.18. The van der Waals surface area contributed by atoms with Crippen molar-refractivity contribution in [1.29, 1.82) is 0 Å². The van der Waals surface area contributed by atoms with Crippen LogP contribution in [0.2, 0.25) is 0 Å². The zero-order valence-electron chi connectivity index (χ0n) is 11.7. The van der Waals surface area contributed by atoms with Gasteiger partial charge < -0.3 is 5.32 Å². The third-order valence-corrected chi connectivity index (χ3v) is 4.58. The molecule has 2 heterocycles. The summed E-state index contributed by atoms with van der Waals surface area (Å²) in [5, 5.41) is 3.70. The van der Waals surface area contributed by atoms with Crippen molar-refractivity contribution >= 4 is 0 Å². The van der Waals surface area contributed by atoms with E-state index in [1.165, 1.54) is 19.0 Å². The van der Waals surface area contributed by atoms with Crippen LogP contribution in [0.3, 0.4) is 0 Å². The second-order valence-corrected chi connectivity index (χ2v) is 6.34. The summed E-state index contributed by atoms with van der Waals surface area (Å²) in [6, 6.07) is 2.08. The molecule has 19 heavy (non-hydrogen) atoms. The van der Waals surface area contributed by atoms with Gasteiger partial charge in [0.2, 0.25) is 0 Å². The summed E-state index contributed by atoms with van der Waals surface area (Å²) >= 11 is 0. The van der Waals surface area contributed by atoms with Gasteiger partial charge in [0.05, 0.1) is 6.20 Å². The summed E-state index contributed by atoms with van der Waals surface area (Å²) in [6.07, 6.45) is 5.71. The fourth-order valence-electron chi connectivity index (χ4n) is 3.13. The maximum absolute atomic E-state index is 13.2. The molecule has 2 aliphatic rings. The van der Waals surface area contributed by atoms with Crippen molar-refractivity contribution in [2.24, 2.45) is 5.92 Å². The highest BCUT2D eigenvalue weighted by molar-refractivity contribution is 5.12. The third-order valence-electron chi connectivity index (χ3n) is 4.58. The highest BCUT2D eigenvalue weighted by atomic mass is 19.1. The Hall–Kier alpha value is -1.00. The quantitative estimate of drug-likeness (QED) is 0.906. The van der Waals surface area contributed by atoms with Gasteiger partial charge in [0.25, 0.3) is 0 Å². The lowest BCUT2D eigenvalue weighted by Gasteiger charge is -2.45. The van der Waals surface area contributed by atoms with Gasteiger partial charge in [-0.3, -0.25) is 9.88 Å². The number of pyridine rings is 1. The number of nitrogens with one attached hydrogen (secondary N) is 1. The molecular formula is C15H22FN3. The van der Waals surface area contributed by atoms with E-state index < -0.39 is 0 Å². The Morgan fingerprint density at radius 1 is 1.47 bits per heavy atom. The van der Waals surface area contributed by atoms with Crippen LogP contribution >= 0.6 is 0 Å². The average molecular weight is 263 g/mol. The molecule has 1 saturated heterocycles. The standard InChI is InChI=1S/C15H22FN3/c1-11-6-18-15(2,13-3-4-13)10-19(11)9-12-5-14(16)8-17-7-12/h5,7-8,11,13,18H,3-4,6,9-10H2,1-2H3. The van der Waals surface area contributed by atoms with Gasteiger partial charge in [-0.2, -0.15) is 0 Å². The van der Waals surface area contributed by atoms with E-state index in [1.54, 1.807) is 12.3 Å². The number of rotatable bonds is 3. The monoisotopic (exact) mass is 263 g/mol. The second-order valence-electron chi connectivity index (χ2n) is 6.34. The number of nitrogens with zero attached hydrogens (tertiary/aromatic N) is 2. The Morgan fingerprint density at radius 2 is 2.26 bits per heavy atom. The minimum Gasteiger partial charge on any atom is -0.308 e. The Kier molecular flexibility index (Phi) is 3.31. The first-order chi connectivity index (χ1) is 9.07. The first-order valence-corrected chi connectivity index (χ1v) is 7.15. The maximum Gasteiger partial charge on any atom is 0.141 e. The number of hydrogen-bond donors (Lipinski definition) is 1. The van der Waals surface area contributed by atoms with E-state index in [0.29, 0.717) is 6.04 Å². The zero-order valence-corrected chi connectivity index (χ0v) is 11.7. The normalized spacial score (nSPS) is 32.5. The highest BCUT2D eigenvalue weighted by Gasteiger charge is 2.45. The smallest absolute Gasteiger partial charge is 0.141 e. The average Bonchev–Trinajstić information content (AvgIpc) is 3.19. The van der Waals surface area contributed by atoms with E-state index in [4.69, 9.17) is 0 Å². The van der Waals surface area contributed by atoms with Crippen LogP contribution in [0.4, 0.5) is 4.39 Å². The van der Waals surface area contributed by atoms with E-state index in [1.807, 2.05) is 0 Å². The van der Waals surface area contributed by atoms with Crippen LogP contribution < -0.4 is 5.32 Å². The Labute approximate surface area is 114 Å². The molecule has 104 valence electrons. The molecule has 0 bridgehead atoms. The van der Waals surface area contributed by atoms with E-state index in [9.17, 15) is 4.39 Å². The second kappa shape index (κ2) is 4.84. The van der Waals surface area contributed by atoms with E-state index in [0.717, 1.165) is 31.1 Å². The first-order valence-electron chi connectivity index (χ1n) is 7.15. The number of aromatic nitrogens is 1. The Balaban J connectivity index is 1.71. The van der Waals surface area contributed by atoms with Crippen molar-refractivity contribution in [1.82, 2.24) is 15.2 Å². The van der Waals surface area contributed by atoms with Gasteiger partial charge in [-0.05, 0) is 44.2 Å². The molecule has 1 saturated carbocycles. The molecule has 3 rings (SSSR count). The molecule has 1 aliphatic carbocycles. The van der Waals surface area contributed by atoms with Gasteiger partial charge in [-0.25, -0.2) is 4.39 Å². The summed E-state index contributed by atoms with van der Waals surface area (Å²) in [6.45, 7) is 7.39. The largest absolute Gasteiger partial charge is 0.308 e. The number of piperazine rings is 1. The minimum absolute atomic E-state index is 0.229. The van der Waals surface area contributed by atoms with E-state index >= 15 is 0 Å². The first kappa shape index (κ1) is 13.0. The molecule has 0 radical (unpaired) electrons. The predicted molar refractivity (Wildman–Crippen MR) is 73.2 cm³/mol. The van der Waals surface area contributed by atoms with Gasteiger partial charge in [0.1, 0.15) is 5.82 Å². The lowest BCUT2D eigenvalue weighted by molar-refractivity contribution is 0.0769. The van der Waals surface area contributed by atoms with Crippen molar-refractivity contribution in [2.75, 3.05) is 13.1 Å². The van der Waals surface area contributed by atoms with Crippen LogP contribution in [0.1, 0.15) is 32.3 Å². The molecule has 2 unspecified atom stereocenters. The molecule has 2 atom stereocenters. The molecule has 0 amide bonds. The van der Waals surface area contributed by atoms with Crippen LogP contribution in [-0.2, 0) is 6.54 Å². The molecule has 4 heteroatoms. The summed E-state index contributed by atoms with van der Waals surface area (Å²) < 4.78 is 13.2. The van der Waals surface area contributed by atoms with Crippen LogP contribution in [-0.4, -0.2) is 34.6 Å². The van der Waals surface area contributed by atoms with E-state index in [2.05, 4.69) is 29.0 Å². The highest BCUT2D eigenvalue weighted by Crippen LogP contribution is 2.41. The van der Waals surface area contributed by atoms with Crippen molar-refractivity contribution in [3.8, 4) is 0 Å². The summed E-state index contributed by atoms with van der Waals surface area (Å²) in [5.74, 6) is 0.568. The van der Waals surface area contributed by atoms with Crippen molar-refractivity contribution < 1.29 is 4.39 Å². The Bertz CT molecular complexity index is 460. The fourth-order valence-corrected chi connectivity index (χ4v) is 3.13. The van der Waals surface area contributed by atoms with Crippen molar-refractivity contribution in [3.05, 3.63) is 29.8 Å². The summed E-state index contributed by atoms with van der Waals surface area (Å²) in [4.78, 5) is 6.39. The summed E-state index contributed by atoms with van der Waals surface area (Å²) in [7, 11) is 0. The van der Waals surface area contributed by atoms with Crippen molar-refractivity contribution in [2.45, 2.75) is 44.8 Å². The van der Waals surface area contributed by atoms with Gasteiger partial charge >= 0.3 is 0 Å². The molecule has 1 aromatic rings. The summed E-state index contributed by atoms with van der Waals surface area (Å²) in [5.41, 5.74) is 1.19. The van der Waals surface area contributed by atoms with Crippen LogP contribution in [0.25, 0.3) is 0 Å². The van der Waals surface area contributed by atoms with Gasteiger partial charge in [0.15, 0.2) is 0 Å². The third kappa shape index (κ3) is 2.79. The molecule has 1 aromatic heterocycles. The minimum atomic E-state index is -0.245. The zero-order chi connectivity index (χ0) is 13.5. The molecule has 0 spiro atoms. The fraction of sp³-hybridized carbons (Fsp3) is 0.667. The lowest BCUT2D eigenvalue weighted by Crippen LogP contribution is -2.62. The van der Waals surface area contributed by atoms with Gasteiger partial charge in [0, 0.05) is 37.4 Å².